The molecule has 7 heteroatoms. The van der Waals surface area contributed by atoms with E-state index in [1.165, 1.54) is 0 Å². The Morgan fingerprint density at radius 2 is 1.23 bits per heavy atom. The van der Waals surface area contributed by atoms with Crippen LogP contribution in [0.2, 0.25) is 0 Å². The SMILES string of the molecule is CCCCN(Cc1ccccc1)C(=O)c1ccccc1-c1ccccc1C(=O)N(CCC(=O)O)CCc1ccc(OC)cc1. The zero-order valence-corrected chi connectivity index (χ0v) is 25.4. The van der Waals surface area contributed by atoms with Gasteiger partial charge in [0.25, 0.3) is 11.8 Å². The van der Waals surface area contributed by atoms with Gasteiger partial charge in [-0.2, -0.15) is 0 Å². The summed E-state index contributed by atoms with van der Waals surface area (Å²) < 4.78 is 5.24. The van der Waals surface area contributed by atoms with Crippen molar-refractivity contribution in [3.63, 3.8) is 0 Å². The molecule has 0 bridgehead atoms. The molecule has 0 spiro atoms. The van der Waals surface area contributed by atoms with Gasteiger partial charge in [-0.25, -0.2) is 0 Å². The Kier molecular flexibility index (Phi) is 11.7. The summed E-state index contributed by atoms with van der Waals surface area (Å²) in [6.45, 7) is 3.62. The van der Waals surface area contributed by atoms with Gasteiger partial charge in [-0.1, -0.05) is 92.2 Å². The van der Waals surface area contributed by atoms with Crippen molar-refractivity contribution in [2.75, 3.05) is 26.7 Å². The third-order valence-electron chi connectivity index (χ3n) is 7.60. The van der Waals surface area contributed by atoms with E-state index in [-0.39, 0.29) is 24.8 Å². The van der Waals surface area contributed by atoms with Crippen molar-refractivity contribution in [2.45, 2.75) is 39.2 Å². The van der Waals surface area contributed by atoms with Gasteiger partial charge in [0.05, 0.1) is 13.5 Å². The van der Waals surface area contributed by atoms with Gasteiger partial charge in [-0.15, -0.1) is 0 Å². The Labute approximate surface area is 259 Å². The van der Waals surface area contributed by atoms with E-state index in [0.717, 1.165) is 29.7 Å². The second-order valence-corrected chi connectivity index (χ2v) is 10.7. The number of ether oxygens (including phenoxy) is 1. The highest BCUT2D eigenvalue weighted by molar-refractivity contribution is 6.06. The molecule has 44 heavy (non-hydrogen) atoms. The zero-order valence-electron chi connectivity index (χ0n) is 25.4. The molecule has 4 aromatic rings. The van der Waals surface area contributed by atoms with Gasteiger partial charge in [0.15, 0.2) is 0 Å². The number of rotatable bonds is 15. The molecule has 0 heterocycles. The highest BCUT2D eigenvalue weighted by atomic mass is 16.5. The van der Waals surface area contributed by atoms with Crippen LogP contribution in [-0.2, 0) is 17.8 Å². The van der Waals surface area contributed by atoms with Gasteiger partial charge < -0.3 is 19.6 Å². The normalized spacial score (nSPS) is 10.7. The Morgan fingerprint density at radius 3 is 1.80 bits per heavy atom. The number of carbonyl (C=O) groups is 3. The lowest BCUT2D eigenvalue weighted by Crippen LogP contribution is -2.35. The second kappa shape index (κ2) is 16.1. The number of carboxylic acids is 1. The van der Waals surface area contributed by atoms with Crippen molar-refractivity contribution < 1.29 is 24.2 Å². The van der Waals surface area contributed by atoms with Gasteiger partial charge in [-0.05, 0) is 59.4 Å². The number of methoxy groups -OCH3 is 1. The quantitative estimate of drug-likeness (QED) is 0.161. The summed E-state index contributed by atoms with van der Waals surface area (Å²) in [5.74, 6) is -0.596. The molecular formula is C37H40N2O5. The molecule has 4 rings (SSSR count). The van der Waals surface area contributed by atoms with Crippen LogP contribution in [0.4, 0.5) is 0 Å². The lowest BCUT2D eigenvalue weighted by molar-refractivity contribution is -0.137. The minimum absolute atomic E-state index is 0.0705. The first-order valence-corrected chi connectivity index (χ1v) is 15.1. The van der Waals surface area contributed by atoms with Crippen LogP contribution in [0.5, 0.6) is 5.75 Å². The average Bonchev–Trinajstić information content (AvgIpc) is 3.06. The number of hydrogen-bond acceptors (Lipinski definition) is 4. The van der Waals surface area contributed by atoms with Crippen molar-refractivity contribution in [1.29, 1.82) is 0 Å². The summed E-state index contributed by atoms with van der Waals surface area (Å²) in [6, 6.07) is 32.2. The summed E-state index contributed by atoms with van der Waals surface area (Å²) in [5.41, 5.74) is 4.32. The molecule has 228 valence electrons. The first-order chi connectivity index (χ1) is 21.4. The maximum atomic E-state index is 14.1. The van der Waals surface area contributed by atoms with Gasteiger partial charge in [0.1, 0.15) is 5.75 Å². The number of carbonyl (C=O) groups excluding carboxylic acids is 2. The monoisotopic (exact) mass is 592 g/mol. The van der Waals surface area contributed by atoms with Crippen LogP contribution in [0, 0.1) is 0 Å². The topological polar surface area (TPSA) is 87.2 Å². The van der Waals surface area contributed by atoms with Crippen molar-refractivity contribution >= 4 is 17.8 Å². The van der Waals surface area contributed by atoms with Crippen LogP contribution in [-0.4, -0.2) is 59.4 Å². The molecule has 0 radical (unpaired) electrons. The highest BCUT2D eigenvalue weighted by Crippen LogP contribution is 2.30. The van der Waals surface area contributed by atoms with Crippen molar-refractivity contribution in [2.24, 2.45) is 0 Å². The van der Waals surface area contributed by atoms with Gasteiger partial charge in [-0.3, -0.25) is 14.4 Å². The molecule has 0 atom stereocenters. The first-order valence-electron chi connectivity index (χ1n) is 15.1. The number of amides is 2. The number of benzene rings is 4. The molecule has 0 saturated heterocycles. The van der Waals surface area contributed by atoms with E-state index in [9.17, 15) is 19.5 Å². The van der Waals surface area contributed by atoms with E-state index in [1.54, 1.807) is 24.1 Å². The van der Waals surface area contributed by atoms with Crippen LogP contribution in [0.15, 0.2) is 103 Å². The number of unbranched alkanes of at least 4 members (excludes halogenated alkanes) is 1. The highest BCUT2D eigenvalue weighted by Gasteiger charge is 2.24. The van der Waals surface area contributed by atoms with Crippen LogP contribution < -0.4 is 4.74 Å². The summed E-state index contributed by atoms with van der Waals surface area (Å²) in [5, 5.41) is 9.41. The summed E-state index contributed by atoms with van der Waals surface area (Å²) in [4.78, 5) is 43.1. The number of hydrogen-bond donors (Lipinski definition) is 1. The van der Waals surface area contributed by atoms with Crippen molar-refractivity contribution in [1.82, 2.24) is 9.80 Å². The number of nitrogens with zero attached hydrogens (tertiary/aromatic N) is 2. The minimum atomic E-state index is -0.970. The molecular weight excluding hydrogens is 552 g/mol. The molecule has 4 aromatic carbocycles. The van der Waals surface area contributed by atoms with Gasteiger partial charge in [0.2, 0.25) is 0 Å². The Balaban J connectivity index is 1.65. The van der Waals surface area contributed by atoms with E-state index in [0.29, 0.717) is 48.3 Å². The third kappa shape index (κ3) is 8.57. The van der Waals surface area contributed by atoms with E-state index >= 15 is 0 Å². The Morgan fingerprint density at radius 1 is 0.659 bits per heavy atom. The molecule has 0 aromatic heterocycles. The van der Waals surface area contributed by atoms with Crippen molar-refractivity contribution in [3.8, 4) is 16.9 Å². The molecule has 2 amide bonds. The lowest BCUT2D eigenvalue weighted by atomic mass is 9.93. The van der Waals surface area contributed by atoms with E-state index in [2.05, 4.69) is 6.92 Å². The predicted molar refractivity (Wildman–Crippen MR) is 173 cm³/mol. The first kappa shape index (κ1) is 32.0. The summed E-state index contributed by atoms with van der Waals surface area (Å²) in [7, 11) is 1.61. The standard InChI is InChI=1S/C37H40N2O5/c1-3-4-24-39(27-29-12-6-5-7-13-29)37(43)34-17-11-9-15-32(34)31-14-8-10-16-33(31)36(42)38(26-23-35(40)41)25-22-28-18-20-30(44-2)21-19-28/h5-21H,3-4,22-27H2,1-2H3,(H,40,41). The molecule has 0 unspecified atom stereocenters. The van der Waals surface area contributed by atoms with Gasteiger partial charge >= 0.3 is 5.97 Å². The number of aliphatic carboxylic acids is 1. The zero-order chi connectivity index (χ0) is 31.3. The number of carboxylic acid groups (broad SMARTS) is 1. The van der Waals surface area contributed by atoms with E-state index in [4.69, 9.17) is 4.74 Å². The molecule has 0 aliphatic heterocycles. The van der Waals surface area contributed by atoms with Crippen LogP contribution >= 0.6 is 0 Å². The minimum Gasteiger partial charge on any atom is -0.497 e. The fourth-order valence-corrected chi connectivity index (χ4v) is 5.16. The smallest absolute Gasteiger partial charge is 0.305 e. The van der Waals surface area contributed by atoms with E-state index in [1.807, 2.05) is 95.9 Å². The molecule has 7 nitrogen and oxygen atoms in total. The van der Waals surface area contributed by atoms with Crippen molar-refractivity contribution in [3.05, 3.63) is 125 Å². The maximum absolute atomic E-state index is 14.1. The molecule has 1 N–H and O–H groups in total. The predicted octanol–water partition coefficient (Wildman–Crippen LogP) is 6.96. The largest absolute Gasteiger partial charge is 0.497 e. The molecule has 0 aliphatic carbocycles. The fourth-order valence-electron chi connectivity index (χ4n) is 5.16. The molecule has 0 aliphatic rings. The van der Waals surface area contributed by atoms with Gasteiger partial charge in [0, 0.05) is 37.3 Å². The maximum Gasteiger partial charge on any atom is 0.305 e. The van der Waals surface area contributed by atoms with Crippen LogP contribution in [0.1, 0.15) is 58.0 Å². The molecule has 0 saturated carbocycles. The summed E-state index contributed by atoms with van der Waals surface area (Å²) >= 11 is 0. The second-order valence-electron chi connectivity index (χ2n) is 10.7. The van der Waals surface area contributed by atoms with E-state index < -0.39 is 5.97 Å². The average molecular weight is 593 g/mol. The summed E-state index contributed by atoms with van der Waals surface area (Å²) in [6.07, 6.45) is 2.22. The van der Waals surface area contributed by atoms with Crippen LogP contribution in [0.25, 0.3) is 11.1 Å². The van der Waals surface area contributed by atoms with Crippen LogP contribution in [0.3, 0.4) is 0 Å². The Hall–Kier alpha value is -4.91. The third-order valence-corrected chi connectivity index (χ3v) is 7.60. The molecule has 0 fully saturated rings. The fraction of sp³-hybridized carbons (Fsp3) is 0.270. The Bertz CT molecular complexity index is 1540. The lowest BCUT2D eigenvalue weighted by Gasteiger charge is -2.26.